The second-order valence-electron chi connectivity index (χ2n) is 4.06. The molecule has 20 heavy (non-hydrogen) atoms. The van der Waals surface area contributed by atoms with E-state index in [2.05, 4.69) is 10.3 Å². The highest BCUT2D eigenvalue weighted by molar-refractivity contribution is 6.32. The molecule has 1 aromatic heterocycles. The summed E-state index contributed by atoms with van der Waals surface area (Å²) in [4.78, 5) is 26.2. The van der Waals surface area contributed by atoms with E-state index in [1.54, 1.807) is 19.1 Å². The zero-order valence-corrected chi connectivity index (χ0v) is 11.2. The molecule has 1 aromatic carbocycles. The predicted octanol–water partition coefficient (Wildman–Crippen LogP) is 3.20. The lowest BCUT2D eigenvalue weighted by Crippen LogP contribution is -2.12. The molecule has 0 saturated heterocycles. The van der Waals surface area contributed by atoms with Gasteiger partial charge >= 0.3 is 0 Å². The van der Waals surface area contributed by atoms with Crippen LogP contribution in [0.5, 0.6) is 0 Å². The largest absolute Gasteiger partial charge is 0.322 e. The van der Waals surface area contributed by atoms with Gasteiger partial charge in [-0.1, -0.05) is 11.6 Å². The van der Waals surface area contributed by atoms with Crippen LogP contribution in [0.15, 0.2) is 36.5 Å². The highest BCUT2D eigenvalue weighted by atomic mass is 35.5. The number of rotatable bonds is 3. The minimum absolute atomic E-state index is 0.0211. The zero-order valence-electron chi connectivity index (χ0n) is 10.5. The summed E-state index contributed by atoms with van der Waals surface area (Å²) in [6.45, 7) is 1.77. The number of nitro benzene ring substituents is 1. The molecule has 0 bridgehead atoms. The monoisotopic (exact) mass is 291 g/mol. The van der Waals surface area contributed by atoms with Crippen LogP contribution in [-0.2, 0) is 0 Å². The third kappa shape index (κ3) is 3.10. The first kappa shape index (κ1) is 14.0. The Kier molecular flexibility index (Phi) is 3.95. The van der Waals surface area contributed by atoms with Gasteiger partial charge in [-0.05, 0) is 31.2 Å². The zero-order chi connectivity index (χ0) is 14.7. The molecule has 1 heterocycles. The summed E-state index contributed by atoms with van der Waals surface area (Å²) in [5.41, 5.74) is 1.19. The van der Waals surface area contributed by atoms with Crippen molar-refractivity contribution >= 4 is 28.9 Å². The molecule has 0 radical (unpaired) electrons. The van der Waals surface area contributed by atoms with Crippen LogP contribution in [0.2, 0.25) is 5.02 Å². The van der Waals surface area contributed by atoms with Crippen molar-refractivity contribution in [3.63, 3.8) is 0 Å². The van der Waals surface area contributed by atoms with Crippen molar-refractivity contribution < 1.29 is 9.72 Å². The van der Waals surface area contributed by atoms with Crippen molar-refractivity contribution in [3.05, 3.63) is 62.9 Å². The molecule has 0 atom stereocenters. The lowest BCUT2D eigenvalue weighted by atomic mass is 10.2. The standard InChI is InChI=1S/C13H10ClN3O3/c1-8-6-9(4-5-15-8)13(18)16-10-2-3-11(14)12(7-10)17(19)20/h2-7H,1H3,(H,16,18). The maximum atomic E-state index is 12.0. The Labute approximate surface area is 119 Å². The van der Waals surface area contributed by atoms with Crippen molar-refractivity contribution in [2.75, 3.05) is 5.32 Å². The maximum Gasteiger partial charge on any atom is 0.289 e. The molecule has 102 valence electrons. The first-order valence-electron chi connectivity index (χ1n) is 5.65. The smallest absolute Gasteiger partial charge is 0.289 e. The Balaban J connectivity index is 2.24. The number of carbonyl (C=O) groups is 1. The van der Waals surface area contributed by atoms with E-state index in [0.29, 0.717) is 16.9 Å². The number of nitrogens with zero attached hydrogens (tertiary/aromatic N) is 2. The summed E-state index contributed by atoms with van der Waals surface area (Å²) in [6.07, 6.45) is 1.52. The fourth-order valence-corrected chi connectivity index (χ4v) is 1.81. The predicted molar refractivity (Wildman–Crippen MR) is 75.0 cm³/mol. The van der Waals surface area contributed by atoms with Gasteiger partial charge in [-0.2, -0.15) is 0 Å². The van der Waals surface area contributed by atoms with E-state index in [1.807, 2.05) is 0 Å². The Morgan fingerprint density at radius 3 is 2.75 bits per heavy atom. The van der Waals surface area contributed by atoms with E-state index in [9.17, 15) is 14.9 Å². The Hall–Kier alpha value is -2.47. The fraction of sp³-hybridized carbons (Fsp3) is 0.0769. The molecule has 0 aliphatic heterocycles. The lowest BCUT2D eigenvalue weighted by Gasteiger charge is -2.06. The lowest BCUT2D eigenvalue weighted by molar-refractivity contribution is -0.384. The SMILES string of the molecule is Cc1cc(C(=O)Nc2ccc(Cl)c([N+](=O)[O-])c2)ccn1. The normalized spacial score (nSPS) is 10.1. The number of carbonyl (C=O) groups excluding carboxylic acids is 1. The van der Waals surface area contributed by atoms with E-state index in [-0.39, 0.29) is 16.6 Å². The summed E-state index contributed by atoms with van der Waals surface area (Å²) in [5, 5.41) is 13.4. The minimum atomic E-state index is -0.603. The van der Waals surface area contributed by atoms with Gasteiger partial charge in [-0.25, -0.2) is 0 Å². The van der Waals surface area contributed by atoms with Gasteiger partial charge in [0.05, 0.1) is 4.92 Å². The Morgan fingerprint density at radius 1 is 1.35 bits per heavy atom. The van der Waals surface area contributed by atoms with Crippen LogP contribution in [0.1, 0.15) is 16.1 Å². The average Bonchev–Trinajstić information content (AvgIpc) is 2.40. The van der Waals surface area contributed by atoms with Crippen LogP contribution in [-0.4, -0.2) is 15.8 Å². The van der Waals surface area contributed by atoms with Gasteiger partial charge in [0.15, 0.2) is 0 Å². The molecule has 2 aromatic rings. The number of hydrogen-bond acceptors (Lipinski definition) is 4. The van der Waals surface area contributed by atoms with Crippen LogP contribution in [0.25, 0.3) is 0 Å². The van der Waals surface area contributed by atoms with E-state index in [1.165, 1.54) is 24.4 Å². The second kappa shape index (κ2) is 5.66. The van der Waals surface area contributed by atoms with Gasteiger partial charge in [-0.15, -0.1) is 0 Å². The molecule has 1 amide bonds. The van der Waals surface area contributed by atoms with Crippen LogP contribution < -0.4 is 5.32 Å². The summed E-state index contributed by atoms with van der Waals surface area (Å²) in [7, 11) is 0. The molecule has 0 aliphatic rings. The van der Waals surface area contributed by atoms with E-state index >= 15 is 0 Å². The highest BCUT2D eigenvalue weighted by Gasteiger charge is 2.14. The number of pyridine rings is 1. The van der Waals surface area contributed by atoms with Crippen LogP contribution >= 0.6 is 11.6 Å². The van der Waals surface area contributed by atoms with E-state index in [4.69, 9.17) is 11.6 Å². The molecule has 0 spiro atoms. The van der Waals surface area contributed by atoms with Gasteiger partial charge in [0, 0.05) is 29.2 Å². The van der Waals surface area contributed by atoms with Crippen LogP contribution in [0.3, 0.4) is 0 Å². The Morgan fingerprint density at radius 2 is 2.10 bits per heavy atom. The van der Waals surface area contributed by atoms with Gasteiger partial charge < -0.3 is 5.32 Å². The van der Waals surface area contributed by atoms with E-state index in [0.717, 1.165) is 0 Å². The highest BCUT2D eigenvalue weighted by Crippen LogP contribution is 2.27. The number of anilines is 1. The average molecular weight is 292 g/mol. The molecule has 0 aliphatic carbocycles. The molecule has 1 N–H and O–H groups in total. The molecule has 7 heteroatoms. The summed E-state index contributed by atoms with van der Waals surface area (Å²) >= 11 is 5.70. The number of aromatic nitrogens is 1. The number of amides is 1. The van der Waals surface area contributed by atoms with Crippen molar-refractivity contribution in [1.82, 2.24) is 4.98 Å². The minimum Gasteiger partial charge on any atom is -0.322 e. The summed E-state index contributed by atoms with van der Waals surface area (Å²) in [5.74, 6) is -0.368. The topological polar surface area (TPSA) is 85.1 Å². The first-order valence-corrected chi connectivity index (χ1v) is 6.03. The van der Waals surface area contributed by atoms with Crippen molar-refractivity contribution in [2.45, 2.75) is 6.92 Å². The molecule has 0 unspecified atom stereocenters. The number of hydrogen-bond donors (Lipinski definition) is 1. The van der Waals surface area contributed by atoms with Gasteiger partial charge in [0.1, 0.15) is 5.02 Å². The van der Waals surface area contributed by atoms with Crippen molar-refractivity contribution in [3.8, 4) is 0 Å². The maximum absolute atomic E-state index is 12.0. The van der Waals surface area contributed by atoms with Crippen LogP contribution in [0.4, 0.5) is 11.4 Å². The van der Waals surface area contributed by atoms with Crippen molar-refractivity contribution in [1.29, 1.82) is 0 Å². The van der Waals surface area contributed by atoms with Crippen molar-refractivity contribution in [2.24, 2.45) is 0 Å². The summed E-state index contributed by atoms with van der Waals surface area (Å²) < 4.78 is 0. The molecule has 2 rings (SSSR count). The van der Waals surface area contributed by atoms with Gasteiger partial charge in [0.2, 0.25) is 0 Å². The van der Waals surface area contributed by atoms with E-state index < -0.39 is 4.92 Å². The molecular weight excluding hydrogens is 282 g/mol. The van der Waals surface area contributed by atoms with Gasteiger partial charge in [-0.3, -0.25) is 19.9 Å². The summed E-state index contributed by atoms with van der Waals surface area (Å²) in [6, 6.07) is 7.27. The third-order valence-electron chi connectivity index (χ3n) is 2.56. The first-order chi connectivity index (χ1) is 9.47. The van der Waals surface area contributed by atoms with Gasteiger partial charge in [0.25, 0.3) is 11.6 Å². The number of nitro groups is 1. The number of halogens is 1. The molecule has 6 nitrogen and oxygen atoms in total. The van der Waals surface area contributed by atoms with Crippen LogP contribution in [0, 0.1) is 17.0 Å². The third-order valence-corrected chi connectivity index (χ3v) is 2.88. The Bertz CT molecular complexity index is 688. The quantitative estimate of drug-likeness (QED) is 0.695. The molecule has 0 fully saturated rings. The number of aryl methyl sites for hydroxylation is 1. The fourth-order valence-electron chi connectivity index (χ4n) is 1.62. The second-order valence-corrected chi connectivity index (χ2v) is 4.47. The molecular formula is C13H10ClN3O3. The molecule has 0 saturated carbocycles. The number of nitrogens with one attached hydrogen (secondary N) is 1. The number of benzene rings is 1.